The van der Waals surface area contributed by atoms with Crippen molar-refractivity contribution >= 4 is 51.5 Å². The fourth-order valence-electron chi connectivity index (χ4n) is 6.00. The first-order valence-corrected chi connectivity index (χ1v) is 15.1. The van der Waals surface area contributed by atoms with Gasteiger partial charge in [0.25, 0.3) is 10.9 Å². The van der Waals surface area contributed by atoms with E-state index in [1.165, 1.54) is 6.33 Å². The number of para-hydroxylation sites is 2. The molecule has 0 saturated carbocycles. The van der Waals surface area contributed by atoms with Crippen molar-refractivity contribution in [3.8, 4) is 17.3 Å². The minimum Gasteiger partial charge on any atom is -0.429 e. The van der Waals surface area contributed by atoms with Crippen molar-refractivity contribution in [2.75, 3.05) is 18.0 Å². The Labute approximate surface area is 266 Å². The normalized spacial score (nSPS) is 15.3. The Kier molecular flexibility index (Phi) is 8.02. The van der Waals surface area contributed by atoms with Gasteiger partial charge in [0.1, 0.15) is 17.5 Å². The number of benzene rings is 2. The third-order valence-corrected chi connectivity index (χ3v) is 8.45. The van der Waals surface area contributed by atoms with E-state index in [9.17, 15) is 10.4 Å². The number of anilines is 1. The van der Waals surface area contributed by atoms with Crippen LogP contribution in [0, 0.1) is 22.1 Å². The maximum Gasteiger partial charge on any atom is 0.298 e. The number of nitriles is 1. The number of aromatic amines is 2. The average Bonchev–Trinajstić information content (AvgIpc) is 3.92. The SMILES string of the molecule is N#CCC(C1CCN(c2nc3cccc(CO)c3o2)C1)n1cc(-c2ncnc3[nH]ccc23)cn1.OCc1cccc2[nH]c(=S)oc12. The highest BCUT2D eigenvalue weighted by molar-refractivity contribution is 7.71. The van der Waals surface area contributed by atoms with Gasteiger partial charge in [0.2, 0.25) is 0 Å². The highest BCUT2D eigenvalue weighted by atomic mass is 32.1. The van der Waals surface area contributed by atoms with Crippen LogP contribution in [0.4, 0.5) is 6.01 Å². The molecule has 7 aromatic rings. The van der Waals surface area contributed by atoms with Gasteiger partial charge < -0.3 is 33.9 Å². The molecule has 4 N–H and O–H groups in total. The van der Waals surface area contributed by atoms with Crippen LogP contribution in [-0.2, 0) is 13.2 Å². The van der Waals surface area contributed by atoms with Crippen molar-refractivity contribution in [2.45, 2.75) is 32.1 Å². The molecule has 46 heavy (non-hydrogen) atoms. The summed E-state index contributed by atoms with van der Waals surface area (Å²) in [7, 11) is 0. The molecule has 2 unspecified atom stereocenters. The minimum atomic E-state index is -0.0954. The summed E-state index contributed by atoms with van der Waals surface area (Å²) in [5, 5.41) is 33.6. The van der Waals surface area contributed by atoms with E-state index in [1.54, 1.807) is 12.3 Å². The Balaban J connectivity index is 0.000000236. The lowest BCUT2D eigenvalue weighted by molar-refractivity contribution is 0.281. The highest BCUT2D eigenvalue weighted by Crippen LogP contribution is 2.35. The summed E-state index contributed by atoms with van der Waals surface area (Å²) in [5.41, 5.74) is 6.77. The van der Waals surface area contributed by atoms with Gasteiger partial charge in [-0.25, -0.2) is 9.97 Å². The molecule has 1 aliphatic rings. The lowest BCUT2D eigenvalue weighted by Crippen LogP contribution is -2.25. The molecular weight excluding hydrogens is 606 g/mol. The first kappa shape index (κ1) is 29.4. The van der Waals surface area contributed by atoms with E-state index in [0.29, 0.717) is 35.0 Å². The van der Waals surface area contributed by atoms with Gasteiger partial charge in [0.05, 0.1) is 49.2 Å². The highest BCUT2D eigenvalue weighted by Gasteiger charge is 2.33. The Morgan fingerprint density at radius 1 is 1.07 bits per heavy atom. The number of hydrogen-bond acceptors (Lipinski definition) is 11. The van der Waals surface area contributed by atoms with E-state index in [-0.39, 0.29) is 25.2 Å². The number of hydrogen-bond donors (Lipinski definition) is 4. The van der Waals surface area contributed by atoms with Gasteiger partial charge in [-0.1, -0.05) is 24.3 Å². The number of aliphatic hydroxyl groups is 2. The minimum absolute atomic E-state index is 0.0343. The van der Waals surface area contributed by atoms with Crippen LogP contribution < -0.4 is 4.90 Å². The van der Waals surface area contributed by atoms with Crippen LogP contribution >= 0.6 is 12.2 Å². The quantitative estimate of drug-likeness (QED) is 0.164. The zero-order valence-corrected chi connectivity index (χ0v) is 25.3. The van der Waals surface area contributed by atoms with Crippen LogP contribution in [0.3, 0.4) is 0 Å². The molecule has 1 fully saturated rings. The summed E-state index contributed by atoms with van der Waals surface area (Å²) in [6.07, 6.45) is 8.38. The lowest BCUT2D eigenvalue weighted by Gasteiger charge is -2.22. The summed E-state index contributed by atoms with van der Waals surface area (Å²) in [6, 6.07) is 15.8. The first-order valence-electron chi connectivity index (χ1n) is 14.7. The van der Waals surface area contributed by atoms with Gasteiger partial charge in [0.15, 0.2) is 11.2 Å². The molecule has 0 spiro atoms. The van der Waals surface area contributed by atoms with Gasteiger partial charge in [-0.15, -0.1) is 0 Å². The van der Waals surface area contributed by atoms with E-state index < -0.39 is 0 Å². The zero-order valence-electron chi connectivity index (χ0n) is 24.5. The Hall–Kier alpha value is -5.36. The molecule has 1 aliphatic heterocycles. The van der Waals surface area contributed by atoms with Crippen molar-refractivity contribution in [1.29, 1.82) is 5.26 Å². The molecule has 13 nitrogen and oxygen atoms in total. The molecule has 0 aliphatic carbocycles. The fourth-order valence-corrected chi connectivity index (χ4v) is 6.19. The number of rotatable bonds is 7. The number of H-pyrrole nitrogens is 2. The van der Waals surface area contributed by atoms with Crippen LogP contribution in [0.1, 0.15) is 30.0 Å². The lowest BCUT2D eigenvalue weighted by atomic mass is 9.96. The van der Waals surface area contributed by atoms with Crippen molar-refractivity contribution in [3.05, 3.63) is 83.3 Å². The summed E-state index contributed by atoms with van der Waals surface area (Å²) in [4.78, 5) is 21.8. The molecule has 8 rings (SSSR count). The Morgan fingerprint density at radius 2 is 1.89 bits per heavy atom. The second-order valence-corrected chi connectivity index (χ2v) is 11.4. The second kappa shape index (κ2) is 12.6. The Bertz CT molecular complexity index is 2240. The molecule has 0 bridgehead atoms. The zero-order chi connectivity index (χ0) is 31.6. The van der Waals surface area contributed by atoms with Crippen LogP contribution in [0.5, 0.6) is 0 Å². The van der Waals surface area contributed by atoms with Gasteiger partial charge in [-0.05, 0) is 36.8 Å². The Morgan fingerprint density at radius 3 is 2.72 bits per heavy atom. The predicted molar refractivity (Wildman–Crippen MR) is 172 cm³/mol. The van der Waals surface area contributed by atoms with Crippen LogP contribution in [-0.4, -0.2) is 58.0 Å². The molecule has 2 aromatic carbocycles. The maximum atomic E-state index is 9.59. The molecule has 6 heterocycles. The molecular formula is C32H29N9O4S. The molecule has 0 radical (unpaired) electrons. The number of aliphatic hydroxyl groups excluding tert-OH is 2. The van der Waals surface area contributed by atoms with Crippen molar-refractivity contribution in [3.63, 3.8) is 0 Å². The summed E-state index contributed by atoms with van der Waals surface area (Å²) in [5.74, 6) is 0.206. The standard InChI is InChI=1S/C24H22N8O2.C8H7NO2S/c25-7-4-20(32-12-17(10-29-32)21-18-5-8-26-23(18)28-14-27-21)15-6-9-31(11-15)24-30-19-3-1-2-16(13-33)22(19)34-24;10-4-5-2-1-3-6-7(5)11-8(12)9-6/h1-3,5,8,10,12,14-15,20,33H,4,6,9,11,13H2,(H,26,27,28);1-3,10H,4H2,(H,9,12). The smallest absolute Gasteiger partial charge is 0.298 e. The maximum absolute atomic E-state index is 9.59. The summed E-state index contributed by atoms with van der Waals surface area (Å²) < 4.78 is 13.1. The van der Waals surface area contributed by atoms with Crippen molar-refractivity contribution in [1.82, 2.24) is 34.7 Å². The topological polar surface area (TPSA) is 182 Å². The fraction of sp³-hybridized carbons (Fsp3) is 0.250. The number of fused-ring (bicyclic) bond motifs is 3. The summed E-state index contributed by atoms with van der Waals surface area (Å²) >= 11 is 4.82. The molecule has 2 atom stereocenters. The van der Waals surface area contributed by atoms with Crippen LogP contribution in [0.25, 0.3) is 44.5 Å². The monoisotopic (exact) mass is 635 g/mol. The number of aromatic nitrogens is 7. The number of nitrogens with zero attached hydrogens (tertiary/aromatic N) is 7. The second-order valence-electron chi connectivity index (χ2n) is 11.0. The van der Waals surface area contributed by atoms with E-state index >= 15 is 0 Å². The van der Waals surface area contributed by atoms with Crippen molar-refractivity contribution < 1.29 is 19.0 Å². The number of nitrogens with one attached hydrogen (secondary N) is 2. The van der Waals surface area contributed by atoms with Gasteiger partial charge in [0, 0.05) is 53.5 Å². The van der Waals surface area contributed by atoms with Crippen LogP contribution in [0.2, 0.25) is 0 Å². The third kappa shape index (κ3) is 5.51. The van der Waals surface area contributed by atoms with E-state index in [2.05, 4.69) is 41.0 Å². The van der Waals surface area contributed by atoms with E-state index in [0.717, 1.165) is 57.4 Å². The largest absolute Gasteiger partial charge is 0.429 e. The van der Waals surface area contributed by atoms with E-state index in [1.807, 2.05) is 53.5 Å². The molecule has 14 heteroatoms. The van der Waals surface area contributed by atoms with Gasteiger partial charge in [-0.2, -0.15) is 15.3 Å². The molecule has 5 aromatic heterocycles. The van der Waals surface area contributed by atoms with Crippen molar-refractivity contribution in [2.24, 2.45) is 5.92 Å². The summed E-state index contributed by atoms with van der Waals surface area (Å²) in [6.45, 7) is 1.35. The first-order chi connectivity index (χ1) is 22.6. The van der Waals surface area contributed by atoms with Gasteiger partial charge >= 0.3 is 0 Å². The van der Waals surface area contributed by atoms with E-state index in [4.69, 9.17) is 26.2 Å². The molecule has 1 saturated heterocycles. The average molecular weight is 636 g/mol. The molecule has 232 valence electrons. The molecule has 0 amide bonds. The number of oxazole rings is 2. The third-order valence-electron chi connectivity index (χ3n) is 8.26. The van der Waals surface area contributed by atoms with Crippen LogP contribution in [0.15, 0.2) is 76.2 Å². The predicted octanol–water partition coefficient (Wildman–Crippen LogP) is 5.42. The van der Waals surface area contributed by atoms with Gasteiger partial charge in [-0.3, -0.25) is 4.68 Å².